The van der Waals surface area contributed by atoms with E-state index in [1.54, 1.807) is 4.57 Å². The highest BCUT2D eigenvalue weighted by Crippen LogP contribution is 2.29. The molecule has 0 radical (unpaired) electrons. The Balaban J connectivity index is 2.06. The molecule has 1 aromatic carbocycles. The summed E-state index contributed by atoms with van der Waals surface area (Å²) in [6.07, 6.45) is 0. The van der Waals surface area contributed by atoms with E-state index in [-0.39, 0.29) is 11.7 Å². The number of aromatic nitrogens is 5. The fraction of sp³-hybridized carbons (Fsp3) is 0.231. The first kappa shape index (κ1) is 13.6. The molecule has 3 N–H and O–H groups in total. The van der Waals surface area contributed by atoms with Gasteiger partial charge in [-0.25, -0.2) is 19.9 Å². The molecule has 0 atom stereocenters. The number of para-hydroxylation sites is 2. The molecule has 0 amide bonds. The quantitative estimate of drug-likeness (QED) is 0.765. The number of aromatic amines is 1. The summed E-state index contributed by atoms with van der Waals surface area (Å²) in [6.45, 7) is 3.83. The second-order valence-corrected chi connectivity index (χ2v) is 5.74. The van der Waals surface area contributed by atoms with Crippen molar-refractivity contribution >= 4 is 28.6 Å². The molecule has 0 aliphatic rings. The van der Waals surface area contributed by atoms with Crippen molar-refractivity contribution < 1.29 is 0 Å². The van der Waals surface area contributed by atoms with Crippen LogP contribution in [0.2, 0.25) is 0 Å². The van der Waals surface area contributed by atoms with Gasteiger partial charge in [-0.05, 0) is 37.7 Å². The summed E-state index contributed by atoms with van der Waals surface area (Å²) in [5.41, 5.74) is 7.19. The van der Waals surface area contributed by atoms with E-state index in [1.165, 1.54) is 11.8 Å². The van der Waals surface area contributed by atoms with Crippen molar-refractivity contribution in [2.45, 2.75) is 30.1 Å². The molecule has 0 spiro atoms. The molecular weight excluding hydrogens is 288 g/mol. The number of nitrogens with one attached hydrogen (secondary N) is 1. The zero-order valence-corrected chi connectivity index (χ0v) is 12.4. The van der Waals surface area contributed by atoms with Crippen molar-refractivity contribution in [2.24, 2.45) is 0 Å². The van der Waals surface area contributed by atoms with Gasteiger partial charge >= 0.3 is 5.69 Å². The number of benzene rings is 1. The average molecular weight is 302 g/mol. The normalized spacial score (nSPS) is 11.4. The maximum atomic E-state index is 11.7. The second kappa shape index (κ2) is 5.21. The first-order valence-corrected chi connectivity index (χ1v) is 7.25. The molecule has 2 heterocycles. The predicted octanol–water partition coefficient (Wildman–Crippen LogP) is 1.83. The molecule has 2 aromatic heterocycles. The van der Waals surface area contributed by atoms with Crippen LogP contribution in [0.4, 0.5) is 5.82 Å². The summed E-state index contributed by atoms with van der Waals surface area (Å²) in [4.78, 5) is 20.5. The van der Waals surface area contributed by atoms with Gasteiger partial charge in [0.05, 0.1) is 11.0 Å². The predicted molar refractivity (Wildman–Crippen MR) is 81.3 cm³/mol. The smallest absolute Gasteiger partial charge is 0.344 e. The Labute approximate surface area is 124 Å². The summed E-state index contributed by atoms with van der Waals surface area (Å²) in [7, 11) is 0. The third kappa shape index (κ3) is 2.49. The zero-order valence-electron chi connectivity index (χ0n) is 11.6. The van der Waals surface area contributed by atoms with Crippen molar-refractivity contribution in [2.75, 3.05) is 5.73 Å². The van der Waals surface area contributed by atoms with E-state index in [4.69, 9.17) is 5.73 Å². The van der Waals surface area contributed by atoms with Gasteiger partial charge in [0.25, 0.3) is 0 Å². The van der Waals surface area contributed by atoms with Crippen LogP contribution >= 0.6 is 11.8 Å². The average Bonchev–Trinajstić information content (AvgIpc) is 2.80. The summed E-state index contributed by atoms with van der Waals surface area (Å²) >= 11 is 1.23. The van der Waals surface area contributed by atoms with E-state index in [0.29, 0.717) is 16.0 Å². The minimum atomic E-state index is -0.250. The summed E-state index contributed by atoms with van der Waals surface area (Å²) in [5.74, 6) is 0.324. The lowest BCUT2D eigenvalue weighted by atomic mass is 10.3. The molecule has 3 aromatic rings. The Hall–Kier alpha value is -2.35. The van der Waals surface area contributed by atoms with Crippen LogP contribution in [0.1, 0.15) is 19.9 Å². The maximum absolute atomic E-state index is 11.7. The lowest BCUT2D eigenvalue weighted by molar-refractivity contribution is 0.534. The van der Waals surface area contributed by atoms with E-state index in [9.17, 15) is 4.79 Å². The topological polar surface area (TPSA) is 102 Å². The number of H-pyrrole nitrogens is 1. The molecule has 0 aliphatic heterocycles. The van der Waals surface area contributed by atoms with Gasteiger partial charge in [-0.2, -0.15) is 0 Å². The largest absolute Gasteiger partial charge is 0.381 e. The number of anilines is 1. The van der Waals surface area contributed by atoms with Crippen LogP contribution in [0.15, 0.2) is 39.2 Å². The molecule has 7 nitrogen and oxygen atoms in total. The molecule has 0 saturated carbocycles. The molecule has 0 bridgehead atoms. The Kier molecular flexibility index (Phi) is 3.38. The van der Waals surface area contributed by atoms with E-state index in [0.717, 1.165) is 11.0 Å². The van der Waals surface area contributed by atoms with Crippen LogP contribution in [-0.2, 0) is 0 Å². The molecular formula is C13H14N6OS. The first-order valence-electron chi connectivity index (χ1n) is 6.43. The van der Waals surface area contributed by atoms with Crippen LogP contribution in [0, 0.1) is 0 Å². The van der Waals surface area contributed by atoms with Gasteiger partial charge < -0.3 is 5.73 Å². The fourth-order valence-corrected chi connectivity index (χ4v) is 2.93. The van der Waals surface area contributed by atoms with Gasteiger partial charge in [0, 0.05) is 6.04 Å². The van der Waals surface area contributed by atoms with Crippen molar-refractivity contribution in [3.05, 3.63) is 34.7 Å². The van der Waals surface area contributed by atoms with Crippen molar-refractivity contribution in [3.63, 3.8) is 0 Å². The molecule has 0 aliphatic carbocycles. The lowest BCUT2D eigenvalue weighted by Crippen LogP contribution is -2.19. The van der Waals surface area contributed by atoms with E-state index in [1.807, 2.05) is 38.1 Å². The van der Waals surface area contributed by atoms with Crippen LogP contribution < -0.4 is 11.4 Å². The van der Waals surface area contributed by atoms with Crippen LogP contribution in [0.5, 0.6) is 0 Å². The van der Waals surface area contributed by atoms with Crippen molar-refractivity contribution in [1.29, 1.82) is 0 Å². The lowest BCUT2D eigenvalue weighted by Gasteiger charge is -2.09. The molecule has 108 valence electrons. The molecule has 0 saturated heterocycles. The maximum Gasteiger partial charge on any atom is 0.344 e. The number of hydrogen-bond donors (Lipinski definition) is 2. The highest BCUT2D eigenvalue weighted by Gasteiger charge is 2.16. The van der Waals surface area contributed by atoms with Gasteiger partial charge in [0.1, 0.15) is 5.03 Å². The van der Waals surface area contributed by atoms with Gasteiger partial charge in [-0.15, -0.1) is 5.10 Å². The number of nitrogens with zero attached hydrogens (tertiary/aromatic N) is 4. The van der Waals surface area contributed by atoms with Crippen molar-refractivity contribution in [3.8, 4) is 0 Å². The molecule has 3 rings (SSSR count). The van der Waals surface area contributed by atoms with Crippen LogP contribution in [0.3, 0.4) is 0 Å². The van der Waals surface area contributed by atoms with Crippen molar-refractivity contribution in [1.82, 2.24) is 24.7 Å². The Morgan fingerprint density at radius 3 is 2.57 bits per heavy atom. The number of rotatable bonds is 3. The van der Waals surface area contributed by atoms with Crippen LogP contribution in [-0.4, -0.2) is 24.7 Å². The minimum Gasteiger partial charge on any atom is -0.381 e. The molecule has 21 heavy (non-hydrogen) atoms. The SMILES string of the molecule is CC(C)n1c(Sc2nc3ccccc3nc2N)n[nH]c1=O. The highest BCUT2D eigenvalue weighted by atomic mass is 32.2. The van der Waals surface area contributed by atoms with Gasteiger partial charge in [-0.3, -0.25) is 4.57 Å². The number of nitrogens with two attached hydrogens (primary N) is 1. The zero-order chi connectivity index (χ0) is 15.0. The number of hydrogen-bond acceptors (Lipinski definition) is 6. The van der Waals surface area contributed by atoms with Gasteiger partial charge in [0.2, 0.25) is 0 Å². The molecule has 0 fully saturated rings. The van der Waals surface area contributed by atoms with E-state index < -0.39 is 0 Å². The summed E-state index contributed by atoms with van der Waals surface area (Å²) in [6, 6.07) is 7.49. The fourth-order valence-electron chi connectivity index (χ4n) is 1.98. The third-order valence-electron chi connectivity index (χ3n) is 2.94. The Morgan fingerprint density at radius 2 is 1.90 bits per heavy atom. The minimum absolute atomic E-state index is 0.00612. The monoisotopic (exact) mass is 302 g/mol. The van der Waals surface area contributed by atoms with E-state index >= 15 is 0 Å². The summed E-state index contributed by atoms with van der Waals surface area (Å²) < 4.78 is 1.56. The second-order valence-electron chi connectivity index (χ2n) is 4.78. The number of fused-ring (bicyclic) bond motifs is 1. The molecule has 8 heteroatoms. The third-order valence-corrected chi connectivity index (χ3v) is 3.90. The van der Waals surface area contributed by atoms with Gasteiger partial charge in [-0.1, -0.05) is 12.1 Å². The highest BCUT2D eigenvalue weighted by molar-refractivity contribution is 7.99. The molecule has 0 unspecified atom stereocenters. The standard InChI is InChI=1S/C13H14N6OS/c1-7(2)19-12(20)17-18-13(19)21-11-10(14)15-8-5-3-4-6-9(8)16-11/h3-7H,1-2H3,(H2,14,15)(H,17,20). The summed E-state index contributed by atoms with van der Waals surface area (Å²) in [5, 5.41) is 7.52. The number of nitrogen functional groups attached to an aromatic ring is 1. The Morgan fingerprint density at radius 1 is 1.24 bits per heavy atom. The Bertz CT molecular complexity index is 853. The van der Waals surface area contributed by atoms with Gasteiger partial charge in [0.15, 0.2) is 11.0 Å². The first-order chi connectivity index (χ1) is 10.1. The van der Waals surface area contributed by atoms with E-state index in [2.05, 4.69) is 20.2 Å². The van der Waals surface area contributed by atoms with Crippen LogP contribution in [0.25, 0.3) is 11.0 Å².